The van der Waals surface area contributed by atoms with Gasteiger partial charge in [0.2, 0.25) is 0 Å². The number of hydrogen-bond acceptors (Lipinski definition) is 2. The topological polar surface area (TPSA) is 17.1 Å². The van der Waals surface area contributed by atoms with Gasteiger partial charge in [-0.1, -0.05) is 13.0 Å². The van der Waals surface area contributed by atoms with Gasteiger partial charge in [-0.15, -0.1) is 0 Å². The number of rotatable bonds is 3. The van der Waals surface area contributed by atoms with Gasteiger partial charge >= 0.3 is 0 Å². The van der Waals surface area contributed by atoms with E-state index >= 15 is 0 Å². The predicted octanol–water partition coefficient (Wildman–Crippen LogP) is 2.66. The first-order chi connectivity index (χ1) is 5.83. The van der Waals surface area contributed by atoms with Crippen LogP contribution in [-0.2, 0) is 4.79 Å². The standard InChI is InChI=1S/C10H16OS/c1-2-10(11)4-3-9-5-7-12-8-6-9/h3-4,9H,2,5-8H2,1H3. The van der Waals surface area contributed by atoms with Crippen molar-refractivity contribution in [1.82, 2.24) is 0 Å². The van der Waals surface area contributed by atoms with Gasteiger partial charge in [-0.05, 0) is 36.3 Å². The molecule has 0 spiro atoms. The lowest BCUT2D eigenvalue weighted by Crippen LogP contribution is -2.07. The number of hydrogen-bond donors (Lipinski definition) is 0. The Morgan fingerprint density at radius 2 is 2.17 bits per heavy atom. The zero-order valence-corrected chi connectivity index (χ0v) is 8.40. The average Bonchev–Trinajstić information content (AvgIpc) is 2.16. The highest BCUT2D eigenvalue weighted by molar-refractivity contribution is 7.99. The Balaban J connectivity index is 2.28. The third-order valence-corrected chi connectivity index (χ3v) is 3.22. The molecular weight excluding hydrogens is 168 g/mol. The lowest BCUT2D eigenvalue weighted by molar-refractivity contribution is -0.114. The molecule has 1 rings (SSSR count). The third kappa shape index (κ3) is 3.44. The molecule has 2 heteroatoms. The molecule has 0 aromatic rings. The highest BCUT2D eigenvalue weighted by atomic mass is 32.2. The van der Waals surface area contributed by atoms with E-state index in [4.69, 9.17) is 0 Å². The molecule has 0 aromatic carbocycles. The van der Waals surface area contributed by atoms with Gasteiger partial charge in [0.1, 0.15) is 0 Å². The Morgan fingerprint density at radius 3 is 2.75 bits per heavy atom. The summed E-state index contributed by atoms with van der Waals surface area (Å²) in [6.07, 6.45) is 7.00. The average molecular weight is 184 g/mol. The normalized spacial score (nSPS) is 20.1. The monoisotopic (exact) mass is 184 g/mol. The molecule has 68 valence electrons. The van der Waals surface area contributed by atoms with Gasteiger partial charge in [-0.25, -0.2) is 0 Å². The second-order valence-electron chi connectivity index (χ2n) is 3.13. The zero-order chi connectivity index (χ0) is 8.81. The van der Waals surface area contributed by atoms with Crippen molar-refractivity contribution in [1.29, 1.82) is 0 Å². The molecule has 0 amide bonds. The molecule has 0 aliphatic carbocycles. The van der Waals surface area contributed by atoms with Crippen molar-refractivity contribution in [3.8, 4) is 0 Å². The second kappa shape index (κ2) is 5.41. The van der Waals surface area contributed by atoms with Crippen LogP contribution in [0, 0.1) is 5.92 Å². The molecule has 0 N–H and O–H groups in total. The van der Waals surface area contributed by atoms with Crippen LogP contribution in [0.4, 0.5) is 0 Å². The quantitative estimate of drug-likeness (QED) is 0.627. The summed E-state index contributed by atoms with van der Waals surface area (Å²) in [5.41, 5.74) is 0. The van der Waals surface area contributed by atoms with E-state index in [1.807, 2.05) is 18.7 Å². The van der Waals surface area contributed by atoms with Crippen LogP contribution >= 0.6 is 11.8 Å². The van der Waals surface area contributed by atoms with Crippen LogP contribution in [0.25, 0.3) is 0 Å². The third-order valence-electron chi connectivity index (χ3n) is 2.17. The minimum Gasteiger partial charge on any atom is -0.295 e. The molecule has 1 fully saturated rings. The summed E-state index contributed by atoms with van der Waals surface area (Å²) in [5.74, 6) is 3.44. The fourth-order valence-electron chi connectivity index (χ4n) is 1.27. The first-order valence-electron chi connectivity index (χ1n) is 4.61. The van der Waals surface area contributed by atoms with Gasteiger partial charge in [0.05, 0.1) is 0 Å². The molecule has 12 heavy (non-hydrogen) atoms. The maximum absolute atomic E-state index is 11.0. The molecule has 1 nitrogen and oxygen atoms in total. The van der Waals surface area contributed by atoms with Crippen LogP contribution in [0.1, 0.15) is 26.2 Å². The predicted molar refractivity (Wildman–Crippen MR) is 54.5 cm³/mol. The summed E-state index contributed by atoms with van der Waals surface area (Å²) in [6.45, 7) is 1.91. The molecule has 1 aliphatic heterocycles. The molecule has 1 heterocycles. The van der Waals surface area contributed by atoms with Crippen molar-refractivity contribution in [2.45, 2.75) is 26.2 Å². The van der Waals surface area contributed by atoms with E-state index in [2.05, 4.69) is 6.08 Å². The van der Waals surface area contributed by atoms with Crippen molar-refractivity contribution >= 4 is 17.5 Å². The summed E-state index contributed by atoms with van der Waals surface area (Å²) in [4.78, 5) is 11.0. The summed E-state index contributed by atoms with van der Waals surface area (Å²) >= 11 is 2.02. The summed E-state index contributed by atoms with van der Waals surface area (Å²) in [6, 6.07) is 0. The Labute approximate surface area is 78.6 Å². The minimum atomic E-state index is 0.258. The van der Waals surface area contributed by atoms with E-state index in [1.165, 1.54) is 24.3 Å². The largest absolute Gasteiger partial charge is 0.295 e. The van der Waals surface area contributed by atoms with Crippen LogP contribution in [-0.4, -0.2) is 17.3 Å². The fourth-order valence-corrected chi connectivity index (χ4v) is 2.41. The Hall–Kier alpha value is -0.240. The lowest BCUT2D eigenvalue weighted by Gasteiger charge is -2.17. The van der Waals surface area contributed by atoms with Gasteiger partial charge in [0.15, 0.2) is 5.78 Å². The fraction of sp³-hybridized carbons (Fsp3) is 0.700. The van der Waals surface area contributed by atoms with E-state index < -0.39 is 0 Å². The summed E-state index contributed by atoms with van der Waals surface area (Å²) in [7, 11) is 0. The number of carbonyl (C=O) groups excluding carboxylic acids is 1. The molecule has 0 atom stereocenters. The second-order valence-corrected chi connectivity index (χ2v) is 4.35. The number of ketones is 1. The molecule has 1 aliphatic rings. The van der Waals surface area contributed by atoms with E-state index in [9.17, 15) is 4.79 Å². The van der Waals surface area contributed by atoms with Gasteiger partial charge in [-0.3, -0.25) is 4.79 Å². The first-order valence-corrected chi connectivity index (χ1v) is 5.77. The molecule has 0 bridgehead atoms. The van der Waals surface area contributed by atoms with E-state index in [1.54, 1.807) is 6.08 Å². The highest BCUT2D eigenvalue weighted by Crippen LogP contribution is 2.23. The van der Waals surface area contributed by atoms with Gasteiger partial charge in [-0.2, -0.15) is 11.8 Å². The Bertz CT molecular complexity index is 169. The van der Waals surface area contributed by atoms with Crippen LogP contribution in [0.15, 0.2) is 12.2 Å². The van der Waals surface area contributed by atoms with Crippen LogP contribution < -0.4 is 0 Å². The summed E-state index contributed by atoms with van der Waals surface area (Å²) in [5, 5.41) is 0. The van der Waals surface area contributed by atoms with Crippen molar-refractivity contribution in [3.63, 3.8) is 0 Å². The van der Waals surface area contributed by atoms with Crippen LogP contribution in [0.2, 0.25) is 0 Å². The molecule has 0 aromatic heterocycles. The molecule has 0 saturated carbocycles. The highest BCUT2D eigenvalue weighted by Gasteiger charge is 2.10. The smallest absolute Gasteiger partial charge is 0.155 e. The summed E-state index contributed by atoms with van der Waals surface area (Å²) < 4.78 is 0. The molecule has 1 saturated heterocycles. The molecule has 0 unspecified atom stereocenters. The Morgan fingerprint density at radius 1 is 1.50 bits per heavy atom. The van der Waals surface area contributed by atoms with E-state index in [0.717, 1.165) is 0 Å². The van der Waals surface area contributed by atoms with Crippen molar-refractivity contribution in [2.75, 3.05) is 11.5 Å². The number of thioether (sulfide) groups is 1. The van der Waals surface area contributed by atoms with E-state index in [0.29, 0.717) is 12.3 Å². The van der Waals surface area contributed by atoms with Gasteiger partial charge < -0.3 is 0 Å². The van der Waals surface area contributed by atoms with Gasteiger partial charge in [0, 0.05) is 6.42 Å². The van der Waals surface area contributed by atoms with Crippen molar-refractivity contribution < 1.29 is 4.79 Å². The lowest BCUT2D eigenvalue weighted by atomic mass is 10.0. The molecular formula is C10H16OS. The first kappa shape index (κ1) is 9.85. The SMILES string of the molecule is CCC(=O)C=CC1CCSCC1. The zero-order valence-electron chi connectivity index (χ0n) is 7.58. The number of carbonyl (C=O) groups is 1. The van der Waals surface area contributed by atoms with Gasteiger partial charge in [0.25, 0.3) is 0 Å². The maximum Gasteiger partial charge on any atom is 0.155 e. The van der Waals surface area contributed by atoms with Crippen LogP contribution in [0.3, 0.4) is 0 Å². The minimum absolute atomic E-state index is 0.258. The van der Waals surface area contributed by atoms with Crippen LogP contribution in [0.5, 0.6) is 0 Å². The molecule has 0 radical (unpaired) electrons. The Kier molecular flexibility index (Phi) is 4.44. The van der Waals surface area contributed by atoms with E-state index in [-0.39, 0.29) is 5.78 Å². The van der Waals surface area contributed by atoms with Crippen molar-refractivity contribution in [2.24, 2.45) is 5.92 Å². The maximum atomic E-state index is 11.0. The number of allylic oxidation sites excluding steroid dienone is 2. The van der Waals surface area contributed by atoms with Crippen molar-refractivity contribution in [3.05, 3.63) is 12.2 Å².